The maximum absolute atomic E-state index is 13.6. The van der Waals surface area contributed by atoms with Gasteiger partial charge in [-0.05, 0) is 75.4 Å². The van der Waals surface area contributed by atoms with Gasteiger partial charge in [0.15, 0.2) is 22.8 Å². The van der Waals surface area contributed by atoms with Crippen LogP contribution in [0, 0.1) is 3.57 Å². The molecular weight excluding hydrogens is 539 g/mol. The molecule has 0 spiro atoms. The molecule has 3 aromatic rings. The Morgan fingerprint density at radius 2 is 1.30 bits per heavy atom. The van der Waals surface area contributed by atoms with E-state index in [4.69, 9.17) is 28.1 Å². The van der Waals surface area contributed by atoms with E-state index < -0.39 is 0 Å². The lowest BCUT2D eigenvalue weighted by molar-refractivity contribution is 0.288. The minimum absolute atomic E-state index is 0.123. The first-order chi connectivity index (χ1) is 16.0. The van der Waals surface area contributed by atoms with E-state index in [1.54, 1.807) is 18.2 Å². The second-order valence-corrected chi connectivity index (χ2v) is 7.89. The molecule has 3 rings (SSSR count). The van der Waals surface area contributed by atoms with Crippen LogP contribution in [0.3, 0.4) is 0 Å². The van der Waals surface area contributed by atoms with Crippen molar-refractivity contribution in [3.05, 3.63) is 38.1 Å². The second kappa shape index (κ2) is 11.5. The molecule has 2 aromatic carbocycles. The molecule has 7 nitrogen and oxygen atoms in total. The fourth-order valence-electron chi connectivity index (χ4n) is 3.45. The number of fused-ring (bicyclic) bond motifs is 1. The molecule has 0 saturated carbocycles. The predicted octanol–water partition coefficient (Wildman–Crippen LogP) is 6.06. The molecule has 0 saturated heterocycles. The van der Waals surface area contributed by atoms with Gasteiger partial charge in [-0.25, -0.2) is 0 Å². The summed E-state index contributed by atoms with van der Waals surface area (Å²) in [6, 6.07) is 7.15. The van der Waals surface area contributed by atoms with Crippen molar-refractivity contribution < 1.29 is 28.1 Å². The highest BCUT2D eigenvalue weighted by molar-refractivity contribution is 14.1. The lowest BCUT2D eigenvalue weighted by Gasteiger charge is -2.17. The predicted molar refractivity (Wildman–Crippen MR) is 136 cm³/mol. The first-order valence-electron chi connectivity index (χ1n) is 11.1. The first-order valence-corrected chi connectivity index (χ1v) is 12.2. The van der Waals surface area contributed by atoms with E-state index in [0.29, 0.717) is 81.9 Å². The van der Waals surface area contributed by atoms with Gasteiger partial charge in [-0.1, -0.05) is 0 Å². The van der Waals surface area contributed by atoms with Crippen molar-refractivity contribution >= 4 is 33.6 Å². The monoisotopic (exact) mass is 568 g/mol. The Morgan fingerprint density at radius 1 is 0.727 bits per heavy atom. The van der Waals surface area contributed by atoms with Crippen molar-refractivity contribution in [1.82, 2.24) is 0 Å². The Balaban J connectivity index is 2.36. The van der Waals surface area contributed by atoms with E-state index in [-0.39, 0.29) is 11.2 Å². The zero-order chi connectivity index (χ0) is 24.0. The molecule has 0 unspecified atom stereocenters. The molecule has 0 aliphatic rings. The van der Waals surface area contributed by atoms with Crippen LogP contribution in [0.1, 0.15) is 34.6 Å². The quantitative estimate of drug-likeness (QED) is 0.261. The lowest BCUT2D eigenvalue weighted by Crippen LogP contribution is -2.12. The van der Waals surface area contributed by atoms with Crippen LogP contribution in [-0.4, -0.2) is 33.0 Å². The summed E-state index contributed by atoms with van der Waals surface area (Å²) in [4.78, 5) is 13.6. The lowest BCUT2D eigenvalue weighted by atomic mass is 10.1. The second-order valence-electron chi connectivity index (χ2n) is 6.81. The van der Waals surface area contributed by atoms with E-state index in [2.05, 4.69) is 22.6 Å². The molecule has 0 bridgehead atoms. The number of benzene rings is 2. The Hall–Kier alpha value is -2.62. The average molecular weight is 568 g/mol. The molecule has 1 aromatic heterocycles. The molecular formula is C25H29IO7. The maximum atomic E-state index is 13.6. The van der Waals surface area contributed by atoms with Crippen molar-refractivity contribution in [2.24, 2.45) is 0 Å². The van der Waals surface area contributed by atoms with Crippen LogP contribution in [0.15, 0.2) is 33.5 Å². The van der Waals surface area contributed by atoms with Gasteiger partial charge in [0.05, 0.1) is 36.6 Å². The number of hydrogen-bond acceptors (Lipinski definition) is 7. The van der Waals surface area contributed by atoms with Crippen LogP contribution in [0.25, 0.3) is 22.3 Å². The van der Waals surface area contributed by atoms with Crippen molar-refractivity contribution in [3.8, 4) is 40.1 Å². The number of halogens is 1. The minimum Gasteiger partial charge on any atom is -0.493 e. The van der Waals surface area contributed by atoms with Gasteiger partial charge in [0, 0.05) is 11.6 Å². The largest absolute Gasteiger partial charge is 0.493 e. The summed E-state index contributed by atoms with van der Waals surface area (Å²) < 4.78 is 35.8. The van der Waals surface area contributed by atoms with Gasteiger partial charge in [-0.15, -0.1) is 0 Å². The number of rotatable bonds is 11. The third-order valence-corrected chi connectivity index (χ3v) is 5.71. The third kappa shape index (κ3) is 5.15. The molecule has 33 heavy (non-hydrogen) atoms. The zero-order valence-electron chi connectivity index (χ0n) is 19.6. The van der Waals surface area contributed by atoms with Gasteiger partial charge < -0.3 is 28.1 Å². The van der Waals surface area contributed by atoms with E-state index in [1.165, 1.54) is 0 Å². The van der Waals surface area contributed by atoms with Gasteiger partial charge in [0.1, 0.15) is 16.9 Å². The molecule has 0 radical (unpaired) electrons. The molecule has 8 heteroatoms. The zero-order valence-corrected chi connectivity index (χ0v) is 21.7. The van der Waals surface area contributed by atoms with Crippen LogP contribution < -0.4 is 29.1 Å². The highest BCUT2D eigenvalue weighted by Gasteiger charge is 2.25. The molecule has 0 aliphatic carbocycles. The molecule has 0 amide bonds. The van der Waals surface area contributed by atoms with Crippen molar-refractivity contribution in [3.63, 3.8) is 0 Å². The van der Waals surface area contributed by atoms with Crippen LogP contribution in [0.5, 0.6) is 28.7 Å². The number of ether oxygens (including phenoxy) is 5. The maximum Gasteiger partial charge on any atom is 0.239 e. The SMILES string of the molecule is CCOc1ccc(-c2oc3c(I)c(OCC)cc(OCC)c3c(=O)c2OCC)cc1OCC. The molecule has 1 heterocycles. The summed E-state index contributed by atoms with van der Waals surface area (Å²) >= 11 is 2.13. The van der Waals surface area contributed by atoms with Gasteiger partial charge in [-0.2, -0.15) is 0 Å². The molecule has 0 atom stereocenters. The van der Waals surface area contributed by atoms with Crippen molar-refractivity contribution in [2.45, 2.75) is 34.6 Å². The fraction of sp³-hybridized carbons (Fsp3) is 0.400. The van der Waals surface area contributed by atoms with E-state index in [1.807, 2.05) is 40.7 Å². The summed E-state index contributed by atoms with van der Waals surface area (Å²) in [7, 11) is 0. The van der Waals surface area contributed by atoms with Gasteiger partial charge >= 0.3 is 0 Å². The summed E-state index contributed by atoms with van der Waals surface area (Å²) in [6.07, 6.45) is 0. The Bertz CT molecular complexity index is 1170. The van der Waals surface area contributed by atoms with Gasteiger partial charge in [0.25, 0.3) is 0 Å². The topological polar surface area (TPSA) is 76.4 Å². The highest BCUT2D eigenvalue weighted by Crippen LogP contribution is 2.42. The van der Waals surface area contributed by atoms with Gasteiger partial charge in [-0.3, -0.25) is 4.79 Å². The summed E-state index contributed by atoms with van der Waals surface area (Å²) in [5, 5.41) is 0.327. The Labute approximate surface area is 207 Å². The van der Waals surface area contributed by atoms with E-state index in [0.717, 1.165) is 0 Å². The van der Waals surface area contributed by atoms with Gasteiger partial charge in [0.2, 0.25) is 11.2 Å². The smallest absolute Gasteiger partial charge is 0.239 e. The van der Waals surface area contributed by atoms with E-state index in [9.17, 15) is 4.79 Å². The number of hydrogen-bond donors (Lipinski definition) is 0. The van der Waals surface area contributed by atoms with E-state index >= 15 is 0 Å². The Morgan fingerprint density at radius 3 is 1.94 bits per heavy atom. The highest BCUT2D eigenvalue weighted by atomic mass is 127. The van der Waals surface area contributed by atoms with Crippen LogP contribution in [-0.2, 0) is 0 Å². The van der Waals surface area contributed by atoms with Crippen LogP contribution >= 0.6 is 22.6 Å². The van der Waals surface area contributed by atoms with Crippen molar-refractivity contribution in [1.29, 1.82) is 0 Å². The van der Waals surface area contributed by atoms with Crippen molar-refractivity contribution in [2.75, 3.05) is 33.0 Å². The first kappa shape index (κ1) is 25.0. The van der Waals surface area contributed by atoms with Crippen LogP contribution in [0.2, 0.25) is 0 Å². The molecule has 178 valence electrons. The molecule has 0 aliphatic heterocycles. The minimum atomic E-state index is -0.302. The van der Waals surface area contributed by atoms with Crippen LogP contribution in [0.4, 0.5) is 0 Å². The summed E-state index contributed by atoms with van der Waals surface area (Å²) in [5.74, 6) is 2.61. The third-order valence-electron chi connectivity index (χ3n) is 4.69. The fourth-order valence-corrected chi connectivity index (χ4v) is 4.14. The molecule has 0 N–H and O–H groups in total. The summed E-state index contributed by atoms with van der Waals surface area (Å²) in [6.45, 7) is 11.5. The summed E-state index contributed by atoms with van der Waals surface area (Å²) in [5.41, 5.74) is 0.726. The molecule has 0 fully saturated rings. The standard InChI is InChI=1S/C25H29IO7/c1-6-28-16-12-11-15(13-17(16)29-7-2)23-25(32-10-5)22(27)20-18(30-8-3)14-19(31-9-4)21(26)24(20)33-23/h11-14H,6-10H2,1-5H3. The average Bonchev–Trinajstić information content (AvgIpc) is 2.80. The normalized spacial score (nSPS) is 10.8. The Kier molecular flexibility index (Phi) is 8.71.